The summed E-state index contributed by atoms with van der Waals surface area (Å²) in [5.41, 5.74) is -2.92. The van der Waals surface area contributed by atoms with E-state index < -0.39 is 159 Å². The maximum Gasteiger partial charge on any atom is 0.0657 e. The standard InChI is InChI=1S/C30H19BrN2/c31-20-8-7-9-21(18-20)32-29-15-6-3-12-25(29)26-19-22(16-17-30(26)32)33-27-13-4-1-10-23(27)24-11-2-5-14-28(24)33/h1-19H/i1D,2D,3D,4D,5D,6D,7D,8D,9D,10D,11D,12D,13D,14D,15D,16D,17D,18D,19D. The van der Waals surface area contributed by atoms with Crippen LogP contribution in [0.4, 0.5) is 0 Å². The lowest BCUT2D eigenvalue weighted by Crippen LogP contribution is -1.95. The van der Waals surface area contributed by atoms with E-state index in [4.69, 9.17) is 21.9 Å². The molecule has 0 spiro atoms. The molecule has 7 rings (SSSR count). The molecule has 0 atom stereocenters. The van der Waals surface area contributed by atoms with E-state index in [9.17, 15) is 4.11 Å². The monoisotopic (exact) mass is 505 g/mol. The third-order valence-electron chi connectivity index (χ3n) is 5.21. The number of rotatable bonds is 2. The van der Waals surface area contributed by atoms with Crippen molar-refractivity contribution in [3.8, 4) is 11.4 Å². The molecule has 0 aliphatic rings. The molecule has 0 aliphatic heterocycles. The second-order valence-corrected chi connectivity index (χ2v) is 7.74. The first-order valence-corrected chi connectivity index (χ1v) is 10.3. The van der Waals surface area contributed by atoms with E-state index in [2.05, 4.69) is 15.9 Å². The Labute approximate surface area is 226 Å². The molecule has 33 heavy (non-hydrogen) atoms. The molecule has 0 saturated heterocycles. The quantitative estimate of drug-likeness (QED) is 0.222. The Morgan fingerprint density at radius 1 is 0.455 bits per heavy atom. The van der Waals surface area contributed by atoms with E-state index in [0.29, 0.717) is 0 Å². The van der Waals surface area contributed by atoms with Gasteiger partial charge in [0.15, 0.2) is 0 Å². The SMILES string of the molecule is [2H]c1c([2H])c(Br)c([2H])c(-n2c3c([2H])c([2H])c([2H])c([2H])c3c3c([2H])c(-n4c5c([2H])c([2H])c([2H])c([2H])c5c5c([2H])c([2H])c([2H])c([2H])c54)c([2H])c([2H])c32)c1[2H]. The summed E-state index contributed by atoms with van der Waals surface area (Å²) in [6.45, 7) is 0. The zero-order valence-electron chi connectivity index (χ0n) is 35.3. The van der Waals surface area contributed by atoms with Crippen LogP contribution in [0, 0.1) is 0 Å². The second-order valence-electron chi connectivity index (χ2n) is 6.95. The van der Waals surface area contributed by atoms with Crippen molar-refractivity contribution < 1.29 is 26.0 Å². The number of hydrogen-bond acceptors (Lipinski definition) is 0. The van der Waals surface area contributed by atoms with Gasteiger partial charge in [-0.15, -0.1) is 0 Å². The van der Waals surface area contributed by atoms with Gasteiger partial charge in [0.25, 0.3) is 0 Å². The van der Waals surface area contributed by atoms with E-state index >= 15 is 0 Å². The highest BCUT2D eigenvalue weighted by atomic mass is 79.9. The Kier molecular flexibility index (Phi) is 1.70. The van der Waals surface area contributed by atoms with Gasteiger partial charge >= 0.3 is 0 Å². The second kappa shape index (κ2) is 7.09. The summed E-state index contributed by atoms with van der Waals surface area (Å²) in [7, 11) is 0. The fourth-order valence-corrected chi connectivity index (χ4v) is 4.19. The minimum absolute atomic E-state index is 0.256. The molecule has 0 saturated carbocycles. The van der Waals surface area contributed by atoms with Gasteiger partial charge in [-0.2, -0.15) is 0 Å². The fourth-order valence-electron chi connectivity index (χ4n) is 3.91. The van der Waals surface area contributed by atoms with Gasteiger partial charge in [-0.3, -0.25) is 0 Å². The van der Waals surface area contributed by atoms with E-state index in [0.717, 1.165) is 9.13 Å². The highest BCUT2D eigenvalue weighted by Crippen LogP contribution is 2.36. The topological polar surface area (TPSA) is 9.86 Å². The Morgan fingerprint density at radius 2 is 0.939 bits per heavy atom. The van der Waals surface area contributed by atoms with Gasteiger partial charge in [-0.05, 0) is 54.4 Å². The molecule has 5 aromatic carbocycles. The predicted octanol–water partition coefficient (Wildman–Crippen LogP) is 8.64. The maximum atomic E-state index is 9.57. The number of aromatic nitrogens is 2. The van der Waals surface area contributed by atoms with Crippen molar-refractivity contribution >= 4 is 59.5 Å². The van der Waals surface area contributed by atoms with Crippen LogP contribution in [-0.4, -0.2) is 9.13 Å². The van der Waals surface area contributed by atoms with Crippen molar-refractivity contribution in [2.24, 2.45) is 0 Å². The molecule has 0 radical (unpaired) electrons. The summed E-state index contributed by atoms with van der Waals surface area (Å²) in [4.78, 5) is 0. The maximum absolute atomic E-state index is 9.57. The Balaban J connectivity index is 1.86. The first-order chi connectivity index (χ1) is 24.2. The average molecular weight is 507 g/mol. The normalized spacial score (nSPS) is 19.8. The van der Waals surface area contributed by atoms with Crippen LogP contribution in [0.5, 0.6) is 0 Å². The van der Waals surface area contributed by atoms with Gasteiger partial charge in [0.1, 0.15) is 0 Å². The lowest BCUT2D eigenvalue weighted by atomic mass is 10.1. The van der Waals surface area contributed by atoms with Crippen LogP contribution in [0.15, 0.2) is 119 Å². The van der Waals surface area contributed by atoms with Gasteiger partial charge in [0.2, 0.25) is 0 Å². The molecule has 7 aromatic rings. The van der Waals surface area contributed by atoms with Crippen molar-refractivity contribution in [1.29, 1.82) is 0 Å². The summed E-state index contributed by atoms with van der Waals surface area (Å²) in [6.07, 6.45) is 0. The van der Waals surface area contributed by atoms with Crippen molar-refractivity contribution in [3.05, 3.63) is 119 Å². The molecule has 0 fully saturated rings. The number of para-hydroxylation sites is 3. The van der Waals surface area contributed by atoms with Crippen LogP contribution in [0.1, 0.15) is 26.0 Å². The number of hydrogen-bond donors (Lipinski definition) is 0. The predicted molar refractivity (Wildman–Crippen MR) is 143 cm³/mol. The number of fused-ring (bicyclic) bond motifs is 6. The van der Waals surface area contributed by atoms with Gasteiger partial charge < -0.3 is 9.13 Å². The first kappa shape index (κ1) is 7.89. The van der Waals surface area contributed by atoms with Crippen LogP contribution in [0.25, 0.3) is 55.0 Å². The van der Waals surface area contributed by atoms with Crippen LogP contribution in [0.2, 0.25) is 0 Å². The number of halogens is 1. The van der Waals surface area contributed by atoms with E-state index in [1.807, 2.05) is 0 Å². The van der Waals surface area contributed by atoms with Crippen molar-refractivity contribution in [3.63, 3.8) is 0 Å². The van der Waals surface area contributed by atoms with Gasteiger partial charge in [-0.1, -0.05) is 76.4 Å². The smallest absolute Gasteiger partial charge is 0.0657 e. The van der Waals surface area contributed by atoms with Gasteiger partial charge in [0.05, 0.1) is 48.1 Å². The highest BCUT2D eigenvalue weighted by molar-refractivity contribution is 9.10. The zero-order chi connectivity index (χ0) is 38.5. The Morgan fingerprint density at radius 3 is 1.55 bits per heavy atom. The zero-order valence-corrected chi connectivity index (χ0v) is 17.9. The fraction of sp³-hybridized carbons (Fsp3) is 0. The van der Waals surface area contributed by atoms with E-state index in [1.54, 1.807) is 0 Å². The Bertz CT molecular complexity index is 2750. The van der Waals surface area contributed by atoms with Gasteiger partial charge in [0, 0.05) is 37.4 Å². The molecule has 2 nitrogen and oxygen atoms in total. The lowest BCUT2D eigenvalue weighted by molar-refractivity contribution is 1.16. The lowest BCUT2D eigenvalue weighted by Gasteiger charge is -2.10. The third-order valence-corrected chi connectivity index (χ3v) is 5.60. The Hall–Kier alpha value is -3.82. The number of benzene rings is 5. The molecule has 3 heteroatoms. The van der Waals surface area contributed by atoms with Crippen LogP contribution in [0.3, 0.4) is 0 Å². The summed E-state index contributed by atoms with van der Waals surface area (Å²) in [5.74, 6) is 0. The van der Waals surface area contributed by atoms with Crippen molar-refractivity contribution in [2.75, 3.05) is 0 Å². The van der Waals surface area contributed by atoms with E-state index in [1.165, 1.54) is 0 Å². The first-order valence-electron chi connectivity index (χ1n) is 19.0. The van der Waals surface area contributed by atoms with E-state index in [-0.39, 0.29) is 15.2 Å². The third kappa shape index (κ3) is 2.73. The van der Waals surface area contributed by atoms with Crippen LogP contribution < -0.4 is 0 Å². The summed E-state index contributed by atoms with van der Waals surface area (Å²) >= 11 is 3.08. The molecular weight excluding hydrogens is 468 g/mol. The summed E-state index contributed by atoms with van der Waals surface area (Å²) in [6, 6.07) is -13.7. The minimum Gasteiger partial charge on any atom is -0.309 e. The van der Waals surface area contributed by atoms with Crippen molar-refractivity contribution in [1.82, 2.24) is 9.13 Å². The molecule has 0 unspecified atom stereocenters. The van der Waals surface area contributed by atoms with Crippen molar-refractivity contribution in [2.45, 2.75) is 0 Å². The molecule has 0 N–H and O–H groups in total. The summed E-state index contributed by atoms with van der Waals surface area (Å²) < 4.78 is 167. The molecule has 2 heterocycles. The molecule has 2 aromatic heterocycles. The number of nitrogens with zero attached hydrogens (tertiary/aromatic N) is 2. The van der Waals surface area contributed by atoms with Crippen LogP contribution >= 0.6 is 15.9 Å². The molecule has 156 valence electrons. The minimum atomic E-state index is -0.851. The molecule has 0 amide bonds. The molecular formula is C30H19BrN2. The summed E-state index contributed by atoms with van der Waals surface area (Å²) in [5, 5.41) is -1.54. The largest absolute Gasteiger partial charge is 0.309 e. The average Bonchev–Trinajstić information content (AvgIpc) is 3.65. The highest BCUT2D eigenvalue weighted by Gasteiger charge is 2.16. The van der Waals surface area contributed by atoms with Gasteiger partial charge in [-0.25, -0.2) is 0 Å². The molecule has 0 aliphatic carbocycles. The molecule has 0 bridgehead atoms. The van der Waals surface area contributed by atoms with Crippen LogP contribution in [-0.2, 0) is 0 Å².